The van der Waals surface area contributed by atoms with Crippen LogP contribution >= 0.6 is 12.4 Å². The first-order valence-electron chi connectivity index (χ1n) is 8.01. The molecule has 0 aliphatic rings. The van der Waals surface area contributed by atoms with Gasteiger partial charge in [0.15, 0.2) is 0 Å². The molecule has 0 atom stereocenters. The smallest absolute Gasteiger partial charge is 0.253 e. The Morgan fingerprint density at radius 1 is 0.885 bits per heavy atom. The van der Waals surface area contributed by atoms with Crippen LogP contribution in [0.3, 0.4) is 0 Å². The first-order chi connectivity index (χ1) is 12.3. The van der Waals surface area contributed by atoms with Gasteiger partial charge >= 0.3 is 0 Å². The summed E-state index contributed by atoms with van der Waals surface area (Å²) < 4.78 is 0. The lowest BCUT2D eigenvalue weighted by molar-refractivity contribution is 0.0914. The fourth-order valence-electron chi connectivity index (χ4n) is 2.39. The van der Waals surface area contributed by atoms with E-state index in [2.05, 4.69) is 25.2 Å². The summed E-state index contributed by atoms with van der Waals surface area (Å²) in [7, 11) is 0. The van der Waals surface area contributed by atoms with Crippen LogP contribution in [-0.2, 0) is 13.1 Å². The first-order valence-corrected chi connectivity index (χ1v) is 8.01. The molecule has 7 heteroatoms. The van der Waals surface area contributed by atoms with Crippen LogP contribution in [0.4, 0.5) is 0 Å². The average Bonchev–Trinajstić information content (AvgIpc) is 2.68. The van der Waals surface area contributed by atoms with E-state index in [1.807, 2.05) is 36.4 Å². The summed E-state index contributed by atoms with van der Waals surface area (Å²) in [6, 6.07) is 15.1. The van der Waals surface area contributed by atoms with Gasteiger partial charge in [-0.1, -0.05) is 12.1 Å². The zero-order chi connectivity index (χ0) is 17.3. The molecule has 6 nitrogen and oxygen atoms in total. The van der Waals surface area contributed by atoms with Gasteiger partial charge in [0.25, 0.3) is 5.91 Å². The molecule has 3 aromatic rings. The molecule has 0 aromatic carbocycles. The minimum Gasteiger partial charge on any atom is -0.339 e. The minimum atomic E-state index is -0.153. The number of carbonyl (C=O) groups excluding carboxylic acids is 1. The molecule has 26 heavy (non-hydrogen) atoms. The van der Waals surface area contributed by atoms with Gasteiger partial charge in [-0.05, 0) is 36.4 Å². The molecule has 0 spiro atoms. The molecular formula is C19H20ClN5O. The zero-order valence-corrected chi connectivity index (χ0v) is 15.0. The number of carbonyl (C=O) groups is 1. The Balaban J connectivity index is 0.00000243. The van der Waals surface area contributed by atoms with Gasteiger partial charge in [-0.15, -0.1) is 12.4 Å². The fourth-order valence-corrected chi connectivity index (χ4v) is 2.39. The molecule has 0 unspecified atom stereocenters. The lowest BCUT2D eigenvalue weighted by Gasteiger charge is -2.22. The highest BCUT2D eigenvalue weighted by molar-refractivity contribution is 5.93. The van der Waals surface area contributed by atoms with Crippen molar-refractivity contribution < 1.29 is 4.79 Å². The van der Waals surface area contributed by atoms with Crippen molar-refractivity contribution >= 4 is 18.3 Å². The number of nitrogens with one attached hydrogen (secondary N) is 1. The molecule has 0 aliphatic heterocycles. The molecule has 0 fully saturated rings. The first kappa shape index (κ1) is 19.5. The van der Waals surface area contributed by atoms with E-state index in [-0.39, 0.29) is 18.3 Å². The van der Waals surface area contributed by atoms with Crippen LogP contribution in [0.2, 0.25) is 0 Å². The third-order valence-electron chi connectivity index (χ3n) is 3.61. The van der Waals surface area contributed by atoms with Crippen molar-refractivity contribution in [1.82, 2.24) is 25.2 Å². The van der Waals surface area contributed by atoms with Crippen molar-refractivity contribution in [2.24, 2.45) is 0 Å². The van der Waals surface area contributed by atoms with Gasteiger partial charge in [-0.3, -0.25) is 24.6 Å². The molecule has 3 heterocycles. The highest BCUT2D eigenvalue weighted by Crippen LogP contribution is 2.06. The summed E-state index contributed by atoms with van der Waals surface area (Å²) in [5, 5.41) is 2.93. The Bertz CT molecular complexity index is 745. The van der Waals surface area contributed by atoms with Crippen molar-refractivity contribution in [3.63, 3.8) is 0 Å². The molecule has 134 valence electrons. The molecule has 1 N–H and O–H groups in total. The van der Waals surface area contributed by atoms with Gasteiger partial charge in [0.05, 0.1) is 23.6 Å². The van der Waals surface area contributed by atoms with E-state index in [4.69, 9.17) is 0 Å². The number of halogens is 1. The summed E-state index contributed by atoms with van der Waals surface area (Å²) in [6.07, 6.45) is 6.73. The molecule has 0 bridgehead atoms. The second-order valence-electron chi connectivity index (χ2n) is 5.53. The molecule has 3 aromatic heterocycles. The van der Waals surface area contributed by atoms with Crippen LogP contribution < -0.4 is 5.32 Å². The van der Waals surface area contributed by atoms with Crippen LogP contribution in [-0.4, -0.2) is 32.4 Å². The van der Waals surface area contributed by atoms with Gasteiger partial charge in [0.2, 0.25) is 0 Å². The molecule has 0 radical (unpaired) electrons. The fraction of sp³-hybridized carbons (Fsp3) is 0.158. The van der Waals surface area contributed by atoms with Crippen LogP contribution in [0.25, 0.3) is 0 Å². The van der Waals surface area contributed by atoms with E-state index >= 15 is 0 Å². The maximum atomic E-state index is 12.2. The second-order valence-corrected chi connectivity index (χ2v) is 5.53. The topological polar surface area (TPSA) is 71.0 Å². The highest BCUT2D eigenvalue weighted by atomic mass is 35.5. The minimum absolute atomic E-state index is 0. The standard InChI is InChI=1S/C19H19N5O.ClH/c25-19(16-6-5-9-20-12-16)23-15-24(13-17-7-1-3-10-21-17)14-18-8-2-4-11-22-18;/h1-12H,13-15H2,(H,23,25);1H. The van der Waals surface area contributed by atoms with Crippen LogP contribution in [0.1, 0.15) is 21.7 Å². The molecule has 0 aliphatic carbocycles. The Kier molecular flexibility index (Phi) is 7.67. The van der Waals surface area contributed by atoms with E-state index in [9.17, 15) is 4.79 Å². The summed E-state index contributed by atoms with van der Waals surface area (Å²) in [5.74, 6) is -0.153. The van der Waals surface area contributed by atoms with E-state index in [0.29, 0.717) is 25.3 Å². The van der Waals surface area contributed by atoms with Crippen LogP contribution in [0.5, 0.6) is 0 Å². The molecular weight excluding hydrogens is 350 g/mol. The van der Waals surface area contributed by atoms with Crippen LogP contribution in [0, 0.1) is 0 Å². The predicted octanol–water partition coefficient (Wildman–Crippen LogP) is 2.68. The maximum Gasteiger partial charge on any atom is 0.253 e. The van der Waals surface area contributed by atoms with E-state index < -0.39 is 0 Å². The average molecular weight is 370 g/mol. The number of hydrogen-bond donors (Lipinski definition) is 1. The highest BCUT2D eigenvalue weighted by Gasteiger charge is 2.11. The summed E-state index contributed by atoms with van der Waals surface area (Å²) in [5.41, 5.74) is 2.42. The van der Waals surface area contributed by atoms with Gasteiger partial charge < -0.3 is 5.32 Å². The third-order valence-corrected chi connectivity index (χ3v) is 3.61. The van der Waals surface area contributed by atoms with Crippen molar-refractivity contribution in [2.45, 2.75) is 13.1 Å². The molecule has 0 saturated heterocycles. The molecule has 0 saturated carbocycles. The maximum absolute atomic E-state index is 12.2. The Labute approximate surface area is 158 Å². The Morgan fingerprint density at radius 2 is 1.54 bits per heavy atom. The van der Waals surface area contributed by atoms with E-state index in [1.54, 1.807) is 36.9 Å². The lowest BCUT2D eigenvalue weighted by atomic mass is 10.2. The predicted molar refractivity (Wildman–Crippen MR) is 102 cm³/mol. The largest absolute Gasteiger partial charge is 0.339 e. The number of hydrogen-bond acceptors (Lipinski definition) is 5. The normalized spacial score (nSPS) is 10.2. The van der Waals surface area contributed by atoms with Gasteiger partial charge in [-0.25, -0.2) is 0 Å². The monoisotopic (exact) mass is 369 g/mol. The van der Waals surface area contributed by atoms with Gasteiger partial charge in [-0.2, -0.15) is 0 Å². The second kappa shape index (κ2) is 10.2. The van der Waals surface area contributed by atoms with Gasteiger partial charge in [0.1, 0.15) is 0 Å². The lowest BCUT2D eigenvalue weighted by Crippen LogP contribution is -2.37. The third kappa shape index (κ3) is 5.91. The summed E-state index contributed by atoms with van der Waals surface area (Å²) >= 11 is 0. The number of nitrogens with zero attached hydrogens (tertiary/aromatic N) is 4. The van der Waals surface area contributed by atoms with E-state index in [0.717, 1.165) is 11.4 Å². The van der Waals surface area contributed by atoms with Gasteiger partial charge in [0, 0.05) is 37.9 Å². The molecule has 3 rings (SSSR count). The SMILES string of the molecule is Cl.O=C(NCN(Cc1ccccn1)Cc1ccccn1)c1cccnc1. The molecule has 1 amide bonds. The van der Waals surface area contributed by atoms with E-state index in [1.165, 1.54) is 0 Å². The number of pyridine rings is 3. The number of amides is 1. The van der Waals surface area contributed by atoms with Crippen molar-refractivity contribution in [3.05, 3.63) is 90.3 Å². The number of aromatic nitrogens is 3. The summed E-state index contributed by atoms with van der Waals surface area (Å²) in [6.45, 7) is 1.62. The quantitative estimate of drug-likeness (QED) is 0.648. The van der Waals surface area contributed by atoms with Crippen molar-refractivity contribution in [2.75, 3.05) is 6.67 Å². The Hall–Kier alpha value is -2.83. The van der Waals surface area contributed by atoms with Crippen molar-refractivity contribution in [3.8, 4) is 0 Å². The van der Waals surface area contributed by atoms with Crippen LogP contribution in [0.15, 0.2) is 73.3 Å². The van der Waals surface area contributed by atoms with Crippen molar-refractivity contribution in [1.29, 1.82) is 0 Å². The zero-order valence-electron chi connectivity index (χ0n) is 14.2. The number of rotatable bonds is 7. The summed E-state index contributed by atoms with van der Waals surface area (Å²) in [4.78, 5) is 27.0. The Morgan fingerprint density at radius 3 is 2.04 bits per heavy atom.